The Morgan fingerprint density at radius 2 is 2.17 bits per heavy atom. The molecule has 1 aromatic rings. The predicted octanol–water partition coefficient (Wildman–Crippen LogP) is 2.23. The molecule has 1 saturated heterocycles. The summed E-state index contributed by atoms with van der Waals surface area (Å²) < 4.78 is 13.0. The lowest BCUT2D eigenvalue weighted by atomic mass is 10.1. The van der Waals surface area contributed by atoms with Gasteiger partial charge in [-0.3, -0.25) is 4.90 Å². The van der Waals surface area contributed by atoms with Gasteiger partial charge in [0.25, 0.3) is 0 Å². The highest BCUT2D eigenvalue weighted by Gasteiger charge is 2.28. The summed E-state index contributed by atoms with van der Waals surface area (Å²) in [4.78, 5) is 4.56. The fourth-order valence-electron chi connectivity index (χ4n) is 2.61. The lowest BCUT2D eigenvalue weighted by Crippen LogP contribution is -2.32. The summed E-state index contributed by atoms with van der Waals surface area (Å²) in [6.45, 7) is 4.07. The van der Waals surface area contributed by atoms with Gasteiger partial charge in [0, 0.05) is 36.8 Å². The molecule has 1 aromatic carbocycles. The van der Waals surface area contributed by atoms with Crippen molar-refractivity contribution in [3.05, 3.63) is 29.6 Å². The molecule has 1 aliphatic heterocycles. The van der Waals surface area contributed by atoms with Crippen molar-refractivity contribution in [3.63, 3.8) is 0 Å². The minimum Gasteiger partial charge on any atom is -0.508 e. The summed E-state index contributed by atoms with van der Waals surface area (Å²) in [6, 6.07) is 4.96. The van der Waals surface area contributed by atoms with E-state index in [4.69, 9.17) is 0 Å². The molecule has 2 atom stereocenters. The first kappa shape index (κ1) is 13.3. The van der Waals surface area contributed by atoms with Crippen molar-refractivity contribution in [2.75, 3.05) is 27.2 Å². The normalized spacial score (nSPS) is 22.6. The molecule has 0 radical (unpaired) electrons. The molecule has 2 unspecified atom stereocenters. The number of phenols is 1. The van der Waals surface area contributed by atoms with Crippen LogP contribution in [0.15, 0.2) is 18.2 Å². The molecule has 1 aliphatic rings. The molecule has 2 rings (SSSR count). The van der Waals surface area contributed by atoms with Crippen LogP contribution >= 0.6 is 0 Å². The second-order valence-corrected chi connectivity index (χ2v) is 5.28. The van der Waals surface area contributed by atoms with Crippen LogP contribution < -0.4 is 0 Å². The number of hydrogen-bond acceptors (Lipinski definition) is 3. The second-order valence-electron chi connectivity index (χ2n) is 5.28. The Morgan fingerprint density at radius 3 is 2.72 bits per heavy atom. The maximum Gasteiger partial charge on any atom is 0.126 e. The molecule has 0 saturated carbocycles. The highest BCUT2D eigenvalue weighted by molar-refractivity contribution is 5.35. The zero-order valence-electron chi connectivity index (χ0n) is 11.2. The van der Waals surface area contributed by atoms with Gasteiger partial charge in [-0.25, -0.2) is 4.39 Å². The van der Waals surface area contributed by atoms with Crippen molar-refractivity contribution < 1.29 is 9.50 Å². The van der Waals surface area contributed by atoms with E-state index in [2.05, 4.69) is 30.8 Å². The fourth-order valence-corrected chi connectivity index (χ4v) is 2.61. The Bertz CT molecular complexity index is 422. The first-order valence-electron chi connectivity index (χ1n) is 6.38. The van der Waals surface area contributed by atoms with E-state index in [-0.39, 0.29) is 11.8 Å². The van der Waals surface area contributed by atoms with E-state index >= 15 is 0 Å². The molecule has 4 heteroatoms. The smallest absolute Gasteiger partial charge is 0.126 e. The standard InChI is InChI=1S/C14H21FN2O/c1-10(13-5-4-11(15)8-14(13)18)17-7-6-12(9-17)16(2)3/h4-5,8,10,12,18H,6-7,9H2,1-3H3. The van der Waals surface area contributed by atoms with Crippen LogP contribution in [0.2, 0.25) is 0 Å². The van der Waals surface area contributed by atoms with Gasteiger partial charge in [0.1, 0.15) is 11.6 Å². The third kappa shape index (κ3) is 2.65. The van der Waals surface area contributed by atoms with E-state index in [0.717, 1.165) is 25.1 Å². The lowest BCUT2D eigenvalue weighted by molar-refractivity contribution is 0.225. The number of phenolic OH excluding ortho intramolecular Hbond substituents is 1. The summed E-state index contributed by atoms with van der Waals surface area (Å²) >= 11 is 0. The zero-order chi connectivity index (χ0) is 13.3. The van der Waals surface area contributed by atoms with Crippen molar-refractivity contribution >= 4 is 0 Å². The van der Waals surface area contributed by atoms with Crippen molar-refractivity contribution in [1.29, 1.82) is 0 Å². The molecule has 0 amide bonds. The maximum atomic E-state index is 13.0. The van der Waals surface area contributed by atoms with E-state index in [1.54, 1.807) is 6.07 Å². The van der Waals surface area contributed by atoms with Crippen LogP contribution in [-0.2, 0) is 0 Å². The molecule has 18 heavy (non-hydrogen) atoms. The molecule has 1 fully saturated rings. The number of nitrogens with zero attached hydrogens (tertiary/aromatic N) is 2. The quantitative estimate of drug-likeness (QED) is 0.893. The van der Waals surface area contributed by atoms with Crippen molar-refractivity contribution in [2.24, 2.45) is 0 Å². The number of halogens is 1. The molecule has 1 N–H and O–H groups in total. The SMILES string of the molecule is CC(c1ccc(F)cc1O)N1CCC(N(C)C)C1. The molecule has 0 spiro atoms. The van der Waals surface area contributed by atoms with Gasteiger partial charge in [-0.05, 0) is 33.5 Å². The van der Waals surface area contributed by atoms with Crippen LogP contribution in [0.4, 0.5) is 4.39 Å². The van der Waals surface area contributed by atoms with Gasteiger partial charge in [0.2, 0.25) is 0 Å². The van der Waals surface area contributed by atoms with Crippen LogP contribution in [0.5, 0.6) is 5.75 Å². The molecule has 3 nitrogen and oxygen atoms in total. The summed E-state index contributed by atoms with van der Waals surface area (Å²) in [7, 11) is 4.18. The maximum absolute atomic E-state index is 13.0. The van der Waals surface area contributed by atoms with E-state index < -0.39 is 5.82 Å². The van der Waals surface area contributed by atoms with E-state index in [1.165, 1.54) is 12.1 Å². The van der Waals surface area contributed by atoms with Gasteiger partial charge >= 0.3 is 0 Å². The molecular formula is C14H21FN2O. The summed E-state index contributed by atoms with van der Waals surface area (Å²) in [5.74, 6) is -0.341. The Balaban J connectivity index is 2.10. The minimum atomic E-state index is -0.393. The molecule has 0 aliphatic carbocycles. The van der Waals surface area contributed by atoms with E-state index in [0.29, 0.717) is 6.04 Å². The summed E-state index contributed by atoms with van der Waals surface area (Å²) in [5.41, 5.74) is 0.802. The molecule has 100 valence electrons. The van der Waals surface area contributed by atoms with Crippen molar-refractivity contribution in [2.45, 2.75) is 25.4 Å². The molecule has 0 aromatic heterocycles. The van der Waals surface area contributed by atoms with Crippen LogP contribution in [0.1, 0.15) is 24.9 Å². The third-order valence-corrected chi connectivity index (χ3v) is 3.92. The van der Waals surface area contributed by atoms with E-state index in [9.17, 15) is 9.50 Å². The van der Waals surface area contributed by atoms with Gasteiger partial charge in [-0.1, -0.05) is 6.07 Å². The fraction of sp³-hybridized carbons (Fsp3) is 0.571. The average Bonchev–Trinajstić information content (AvgIpc) is 2.77. The first-order valence-corrected chi connectivity index (χ1v) is 6.38. The van der Waals surface area contributed by atoms with E-state index in [1.807, 2.05) is 0 Å². The van der Waals surface area contributed by atoms with Crippen molar-refractivity contribution in [3.8, 4) is 5.75 Å². The summed E-state index contributed by atoms with van der Waals surface area (Å²) in [5, 5.41) is 9.82. The van der Waals surface area contributed by atoms with Crippen LogP contribution in [-0.4, -0.2) is 48.1 Å². The zero-order valence-corrected chi connectivity index (χ0v) is 11.2. The van der Waals surface area contributed by atoms with Crippen molar-refractivity contribution in [1.82, 2.24) is 9.80 Å². The summed E-state index contributed by atoms with van der Waals surface area (Å²) in [6.07, 6.45) is 1.14. The van der Waals surface area contributed by atoms with Gasteiger partial charge in [0.05, 0.1) is 0 Å². The topological polar surface area (TPSA) is 26.7 Å². The second kappa shape index (κ2) is 5.24. The van der Waals surface area contributed by atoms with Crippen LogP contribution in [0.25, 0.3) is 0 Å². The van der Waals surface area contributed by atoms with Gasteiger partial charge in [-0.2, -0.15) is 0 Å². The number of likely N-dealkylation sites (tertiary alicyclic amines) is 1. The first-order chi connectivity index (χ1) is 8.49. The Kier molecular flexibility index (Phi) is 3.88. The van der Waals surface area contributed by atoms with Gasteiger partial charge < -0.3 is 10.0 Å². The number of hydrogen-bond donors (Lipinski definition) is 1. The molecular weight excluding hydrogens is 231 g/mol. The highest BCUT2D eigenvalue weighted by atomic mass is 19.1. The largest absolute Gasteiger partial charge is 0.508 e. The number of rotatable bonds is 3. The Hall–Kier alpha value is -1.13. The van der Waals surface area contributed by atoms with Gasteiger partial charge in [-0.15, -0.1) is 0 Å². The number of aromatic hydroxyl groups is 1. The van der Waals surface area contributed by atoms with Crippen LogP contribution in [0.3, 0.4) is 0 Å². The Morgan fingerprint density at radius 1 is 1.44 bits per heavy atom. The average molecular weight is 252 g/mol. The van der Waals surface area contributed by atoms with Crippen LogP contribution in [0, 0.1) is 5.82 Å². The molecule has 1 heterocycles. The minimum absolute atomic E-state index is 0.0517. The predicted molar refractivity (Wildman–Crippen MR) is 70.1 cm³/mol. The Labute approximate surface area is 108 Å². The molecule has 0 bridgehead atoms. The van der Waals surface area contributed by atoms with Gasteiger partial charge in [0.15, 0.2) is 0 Å². The number of benzene rings is 1. The number of likely N-dealkylation sites (N-methyl/N-ethyl adjacent to an activating group) is 1. The third-order valence-electron chi connectivity index (χ3n) is 3.92. The highest BCUT2D eigenvalue weighted by Crippen LogP contribution is 2.31. The monoisotopic (exact) mass is 252 g/mol. The lowest BCUT2D eigenvalue weighted by Gasteiger charge is -2.26.